The summed E-state index contributed by atoms with van der Waals surface area (Å²) in [6, 6.07) is 1.86. The van der Waals surface area contributed by atoms with Gasteiger partial charge in [-0.25, -0.2) is 0 Å². The lowest BCUT2D eigenvalue weighted by molar-refractivity contribution is 1.24. The number of pyridine rings is 1. The van der Waals surface area contributed by atoms with Crippen molar-refractivity contribution in [2.75, 3.05) is 0 Å². The Labute approximate surface area is 60.4 Å². The Kier molecular flexibility index (Phi) is 1.71. The van der Waals surface area contributed by atoms with Gasteiger partial charge in [0.1, 0.15) is 0 Å². The third-order valence-corrected chi connectivity index (χ3v) is 1.37. The fourth-order valence-corrected chi connectivity index (χ4v) is 0.834. The molecule has 1 rings (SSSR count). The van der Waals surface area contributed by atoms with Crippen molar-refractivity contribution in [2.24, 2.45) is 5.73 Å². The Hall–Kier alpha value is -1.31. The molecule has 0 aromatic carbocycles. The van der Waals surface area contributed by atoms with Gasteiger partial charge in [-0.3, -0.25) is 4.98 Å². The van der Waals surface area contributed by atoms with Gasteiger partial charge in [0.05, 0.1) is 0 Å². The molecule has 0 radical (unpaired) electrons. The normalized spacial score (nSPS) is 9.30. The molecule has 1 heterocycles. The molecular formula is C8H10N2. The van der Waals surface area contributed by atoms with Gasteiger partial charge >= 0.3 is 0 Å². The zero-order valence-electron chi connectivity index (χ0n) is 5.96. The van der Waals surface area contributed by atoms with Crippen LogP contribution in [0.1, 0.15) is 11.1 Å². The highest BCUT2D eigenvalue weighted by atomic mass is 14.6. The number of hydrogen-bond donors (Lipinski definition) is 1. The van der Waals surface area contributed by atoms with Crippen molar-refractivity contribution in [3.05, 3.63) is 36.2 Å². The lowest BCUT2D eigenvalue weighted by atomic mass is 10.1. The minimum atomic E-state index is 0.597. The van der Waals surface area contributed by atoms with E-state index in [9.17, 15) is 0 Å². The molecular weight excluding hydrogens is 124 g/mol. The van der Waals surface area contributed by atoms with E-state index >= 15 is 0 Å². The first kappa shape index (κ1) is 6.81. The standard InChI is InChI=1S/C8H10N2/c1-6-5-10-4-3-8(6)7(2)9/h3-5H,2,9H2,1H3. The third kappa shape index (κ3) is 1.16. The highest BCUT2D eigenvalue weighted by Gasteiger charge is 1.95. The molecule has 0 saturated carbocycles. The van der Waals surface area contributed by atoms with Crippen molar-refractivity contribution in [1.82, 2.24) is 4.98 Å². The lowest BCUT2D eigenvalue weighted by Crippen LogP contribution is -1.96. The number of hydrogen-bond acceptors (Lipinski definition) is 2. The molecule has 0 fully saturated rings. The molecule has 2 heteroatoms. The zero-order valence-corrected chi connectivity index (χ0v) is 5.96. The molecule has 0 aliphatic heterocycles. The summed E-state index contributed by atoms with van der Waals surface area (Å²) >= 11 is 0. The second kappa shape index (κ2) is 2.52. The SMILES string of the molecule is C=C(N)c1ccncc1C. The van der Waals surface area contributed by atoms with Crippen LogP contribution in [0.2, 0.25) is 0 Å². The first-order valence-electron chi connectivity index (χ1n) is 3.07. The number of nitrogens with zero attached hydrogens (tertiary/aromatic N) is 1. The molecule has 52 valence electrons. The molecule has 10 heavy (non-hydrogen) atoms. The van der Waals surface area contributed by atoms with Crippen LogP contribution in [0.3, 0.4) is 0 Å². The van der Waals surface area contributed by atoms with E-state index in [1.807, 2.05) is 13.0 Å². The van der Waals surface area contributed by atoms with Crippen molar-refractivity contribution < 1.29 is 0 Å². The summed E-state index contributed by atoms with van der Waals surface area (Å²) in [7, 11) is 0. The van der Waals surface area contributed by atoms with Crippen LogP contribution in [0.5, 0.6) is 0 Å². The first-order chi connectivity index (χ1) is 4.72. The van der Waals surface area contributed by atoms with E-state index in [0.29, 0.717) is 5.70 Å². The van der Waals surface area contributed by atoms with Crippen molar-refractivity contribution in [2.45, 2.75) is 6.92 Å². The van der Waals surface area contributed by atoms with E-state index in [1.165, 1.54) is 0 Å². The van der Waals surface area contributed by atoms with Gasteiger partial charge in [-0.2, -0.15) is 0 Å². The second-order valence-electron chi connectivity index (χ2n) is 2.22. The highest BCUT2D eigenvalue weighted by molar-refractivity contribution is 5.62. The van der Waals surface area contributed by atoms with E-state index in [-0.39, 0.29) is 0 Å². The van der Waals surface area contributed by atoms with Crippen LogP contribution in [0, 0.1) is 6.92 Å². The Bertz CT molecular complexity index is 253. The van der Waals surface area contributed by atoms with Gasteiger partial charge < -0.3 is 5.73 Å². The van der Waals surface area contributed by atoms with E-state index in [0.717, 1.165) is 11.1 Å². The van der Waals surface area contributed by atoms with Gasteiger partial charge in [-0.05, 0) is 18.6 Å². The number of nitrogens with two attached hydrogens (primary N) is 1. The summed E-state index contributed by atoms with van der Waals surface area (Å²) in [5.74, 6) is 0. The second-order valence-corrected chi connectivity index (χ2v) is 2.22. The summed E-state index contributed by atoms with van der Waals surface area (Å²) in [4.78, 5) is 3.93. The molecule has 2 nitrogen and oxygen atoms in total. The molecule has 0 bridgehead atoms. The van der Waals surface area contributed by atoms with E-state index < -0.39 is 0 Å². The van der Waals surface area contributed by atoms with Crippen LogP contribution < -0.4 is 5.73 Å². The van der Waals surface area contributed by atoms with Crippen molar-refractivity contribution >= 4 is 5.70 Å². The van der Waals surface area contributed by atoms with Gasteiger partial charge in [0, 0.05) is 23.7 Å². The van der Waals surface area contributed by atoms with Crippen molar-refractivity contribution in [1.29, 1.82) is 0 Å². The molecule has 0 unspecified atom stereocenters. The number of aromatic nitrogens is 1. The van der Waals surface area contributed by atoms with Crippen LogP contribution in [-0.4, -0.2) is 4.98 Å². The van der Waals surface area contributed by atoms with Crippen LogP contribution in [-0.2, 0) is 0 Å². The molecule has 0 atom stereocenters. The monoisotopic (exact) mass is 134 g/mol. The van der Waals surface area contributed by atoms with Gasteiger partial charge in [-0.1, -0.05) is 6.58 Å². The predicted molar refractivity (Wildman–Crippen MR) is 42.2 cm³/mol. The molecule has 0 spiro atoms. The molecule has 0 amide bonds. The predicted octanol–water partition coefficient (Wildman–Crippen LogP) is 1.32. The van der Waals surface area contributed by atoms with E-state index in [2.05, 4.69) is 11.6 Å². The third-order valence-electron chi connectivity index (χ3n) is 1.37. The minimum Gasteiger partial charge on any atom is -0.399 e. The maximum absolute atomic E-state index is 5.49. The van der Waals surface area contributed by atoms with Gasteiger partial charge in [-0.15, -0.1) is 0 Å². The summed E-state index contributed by atoms with van der Waals surface area (Å²) in [6.45, 7) is 5.59. The summed E-state index contributed by atoms with van der Waals surface area (Å²) in [6.07, 6.45) is 3.48. The van der Waals surface area contributed by atoms with Crippen LogP contribution >= 0.6 is 0 Å². The number of aryl methyl sites for hydroxylation is 1. The molecule has 1 aromatic heterocycles. The Morgan fingerprint density at radius 3 is 2.80 bits per heavy atom. The highest BCUT2D eigenvalue weighted by Crippen LogP contribution is 2.09. The Balaban J connectivity index is 3.15. The van der Waals surface area contributed by atoms with Crippen molar-refractivity contribution in [3.8, 4) is 0 Å². The van der Waals surface area contributed by atoms with Crippen LogP contribution in [0.25, 0.3) is 5.70 Å². The topological polar surface area (TPSA) is 38.9 Å². The van der Waals surface area contributed by atoms with Crippen molar-refractivity contribution in [3.63, 3.8) is 0 Å². The van der Waals surface area contributed by atoms with Crippen LogP contribution in [0.4, 0.5) is 0 Å². The number of rotatable bonds is 1. The van der Waals surface area contributed by atoms with Crippen LogP contribution in [0.15, 0.2) is 25.0 Å². The lowest BCUT2D eigenvalue weighted by Gasteiger charge is -2.01. The zero-order chi connectivity index (χ0) is 7.56. The fraction of sp³-hybridized carbons (Fsp3) is 0.125. The van der Waals surface area contributed by atoms with Gasteiger partial charge in [0.25, 0.3) is 0 Å². The Morgan fingerprint density at radius 1 is 1.70 bits per heavy atom. The maximum Gasteiger partial charge on any atom is 0.0318 e. The van der Waals surface area contributed by atoms with Gasteiger partial charge in [0.2, 0.25) is 0 Å². The largest absolute Gasteiger partial charge is 0.399 e. The smallest absolute Gasteiger partial charge is 0.0318 e. The average molecular weight is 134 g/mol. The maximum atomic E-state index is 5.49. The fourth-order valence-electron chi connectivity index (χ4n) is 0.834. The molecule has 0 saturated heterocycles. The summed E-state index contributed by atoms with van der Waals surface area (Å²) in [5, 5.41) is 0. The summed E-state index contributed by atoms with van der Waals surface area (Å²) in [5.41, 5.74) is 8.14. The molecule has 2 N–H and O–H groups in total. The molecule has 0 aliphatic rings. The van der Waals surface area contributed by atoms with Gasteiger partial charge in [0.15, 0.2) is 0 Å². The first-order valence-corrected chi connectivity index (χ1v) is 3.07. The van der Waals surface area contributed by atoms with E-state index in [1.54, 1.807) is 12.4 Å². The van der Waals surface area contributed by atoms with E-state index in [4.69, 9.17) is 5.73 Å². The molecule has 0 aliphatic carbocycles. The quantitative estimate of drug-likeness (QED) is 0.629. The summed E-state index contributed by atoms with van der Waals surface area (Å²) < 4.78 is 0. The minimum absolute atomic E-state index is 0.597. The Morgan fingerprint density at radius 2 is 2.40 bits per heavy atom. The molecule has 1 aromatic rings. The average Bonchev–Trinajstić information content (AvgIpc) is 1.88.